The van der Waals surface area contributed by atoms with Crippen LogP contribution in [0.2, 0.25) is 0 Å². The molecule has 0 aromatic rings. The molecule has 0 spiro atoms. The van der Waals surface area contributed by atoms with Crippen molar-refractivity contribution < 1.29 is 42.8 Å². The Morgan fingerprint density at radius 1 is 0.957 bits per heavy atom. The molecule has 0 radical (unpaired) electrons. The first-order valence-corrected chi connectivity index (χ1v) is 6.99. The highest BCUT2D eigenvalue weighted by molar-refractivity contribution is 5.67. The largest absolute Gasteiger partial charge is 0.462 e. The van der Waals surface area contributed by atoms with Crippen molar-refractivity contribution in [2.75, 3.05) is 20.8 Å². The fraction of sp³-hybridized carbons (Fsp3) is 0.786. The molecule has 1 aliphatic heterocycles. The maximum Gasteiger partial charge on any atom is 0.303 e. The Morgan fingerprint density at radius 3 is 2.04 bits per heavy atom. The Hall–Kier alpha value is -1.71. The van der Waals surface area contributed by atoms with Gasteiger partial charge in [0, 0.05) is 35.0 Å². The fourth-order valence-corrected chi connectivity index (χ4v) is 2.32. The minimum absolute atomic E-state index is 0.246. The SMILES string of the molecule is CO[C@H]1O[C@@H]([C@@H](COC(C)=O)OC(C)=O)[C@H](OC(C)=O)[C@H]1OC. The lowest BCUT2D eigenvalue weighted by atomic mass is 10.1. The first-order chi connectivity index (χ1) is 10.8. The number of methoxy groups -OCH3 is 2. The highest BCUT2D eigenvalue weighted by Gasteiger charge is 2.52. The standard InChI is InChI=1S/C14H22O9/c1-7(15)20-6-10(21-8(2)16)11-12(22-9(3)17)13(18-4)14(19-5)23-11/h10-14H,6H2,1-5H3/t10-,11+,12+,13-,14+/m1/s1. The monoisotopic (exact) mass is 334 g/mol. The maximum atomic E-state index is 11.3. The molecule has 0 amide bonds. The molecule has 1 heterocycles. The molecule has 0 unspecified atom stereocenters. The van der Waals surface area contributed by atoms with Crippen molar-refractivity contribution in [3.63, 3.8) is 0 Å². The van der Waals surface area contributed by atoms with Crippen molar-refractivity contribution in [1.82, 2.24) is 0 Å². The smallest absolute Gasteiger partial charge is 0.303 e. The molecular weight excluding hydrogens is 312 g/mol. The van der Waals surface area contributed by atoms with Gasteiger partial charge in [0.05, 0.1) is 0 Å². The molecule has 23 heavy (non-hydrogen) atoms. The van der Waals surface area contributed by atoms with Gasteiger partial charge < -0.3 is 28.4 Å². The van der Waals surface area contributed by atoms with E-state index in [1.165, 1.54) is 35.0 Å². The first kappa shape index (κ1) is 19.3. The van der Waals surface area contributed by atoms with Gasteiger partial charge in [0.15, 0.2) is 18.5 Å². The van der Waals surface area contributed by atoms with E-state index in [1.54, 1.807) is 0 Å². The zero-order chi connectivity index (χ0) is 17.6. The topological polar surface area (TPSA) is 107 Å². The number of carbonyl (C=O) groups is 3. The summed E-state index contributed by atoms with van der Waals surface area (Å²) in [5, 5.41) is 0. The molecule has 0 bridgehead atoms. The van der Waals surface area contributed by atoms with Gasteiger partial charge in [0.1, 0.15) is 18.8 Å². The summed E-state index contributed by atoms with van der Waals surface area (Å²) < 4.78 is 31.3. The van der Waals surface area contributed by atoms with E-state index in [0.29, 0.717) is 0 Å². The van der Waals surface area contributed by atoms with E-state index in [9.17, 15) is 14.4 Å². The predicted molar refractivity (Wildman–Crippen MR) is 74.2 cm³/mol. The van der Waals surface area contributed by atoms with Crippen LogP contribution in [0.1, 0.15) is 20.8 Å². The number of rotatable bonds is 7. The molecule has 1 saturated heterocycles. The van der Waals surface area contributed by atoms with E-state index in [2.05, 4.69) is 0 Å². The Morgan fingerprint density at radius 2 is 1.61 bits per heavy atom. The Labute approximate surface area is 134 Å². The van der Waals surface area contributed by atoms with Crippen molar-refractivity contribution in [3.8, 4) is 0 Å². The van der Waals surface area contributed by atoms with E-state index in [-0.39, 0.29) is 6.61 Å². The summed E-state index contributed by atoms with van der Waals surface area (Å²) in [4.78, 5) is 33.7. The van der Waals surface area contributed by atoms with Crippen LogP contribution in [0.5, 0.6) is 0 Å². The average Bonchev–Trinajstić information content (AvgIpc) is 2.79. The third kappa shape index (κ3) is 5.45. The van der Waals surface area contributed by atoms with Gasteiger partial charge in [-0.2, -0.15) is 0 Å². The minimum Gasteiger partial charge on any atom is -0.462 e. The summed E-state index contributed by atoms with van der Waals surface area (Å²) in [5.41, 5.74) is 0. The van der Waals surface area contributed by atoms with Crippen LogP contribution in [0, 0.1) is 0 Å². The molecule has 0 aromatic carbocycles. The van der Waals surface area contributed by atoms with Gasteiger partial charge in [0.2, 0.25) is 0 Å². The molecule has 0 saturated carbocycles. The molecular formula is C14H22O9. The van der Waals surface area contributed by atoms with Crippen LogP contribution in [0.4, 0.5) is 0 Å². The van der Waals surface area contributed by atoms with Crippen molar-refractivity contribution in [3.05, 3.63) is 0 Å². The number of hydrogen-bond acceptors (Lipinski definition) is 9. The van der Waals surface area contributed by atoms with Gasteiger partial charge in [-0.3, -0.25) is 14.4 Å². The second-order valence-corrected chi connectivity index (χ2v) is 4.93. The fourth-order valence-electron chi connectivity index (χ4n) is 2.32. The zero-order valence-corrected chi connectivity index (χ0v) is 13.8. The van der Waals surface area contributed by atoms with E-state index in [4.69, 9.17) is 28.4 Å². The average molecular weight is 334 g/mol. The lowest BCUT2D eigenvalue weighted by Crippen LogP contribution is -2.46. The van der Waals surface area contributed by atoms with E-state index < -0.39 is 48.6 Å². The summed E-state index contributed by atoms with van der Waals surface area (Å²) in [6.45, 7) is 3.42. The molecule has 1 fully saturated rings. The second-order valence-electron chi connectivity index (χ2n) is 4.93. The zero-order valence-electron chi connectivity index (χ0n) is 13.8. The highest BCUT2D eigenvalue weighted by atomic mass is 16.7. The van der Waals surface area contributed by atoms with Crippen molar-refractivity contribution >= 4 is 17.9 Å². The quantitative estimate of drug-likeness (QED) is 0.462. The highest BCUT2D eigenvalue weighted by Crippen LogP contribution is 2.30. The maximum absolute atomic E-state index is 11.3. The second kappa shape index (κ2) is 8.80. The summed E-state index contributed by atoms with van der Waals surface area (Å²) in [6.07, 6.45) is -4.31. The van der Waals surface area contributed by atoms with Gasteiger partial charge >= 0.3 is 17.9 Å². The Kier molecular flexibility index (Phi) is 7.40. The van der Waals surface area contributed by atoms with Gasteiger partial charge in [-0.15, -0.1) is 0 Å². The van der Waals surface area contributed by atoms with E-state index >= 15 is 0 Å². The number of ether oxygens (including phenoxy) is 6. The van der Waals surface area contributed by atoms with Crippen LogP contribution >= 0.6 is 0 Å². The van der Waals surface area contributed by atoms with Crippen LogP contribution in [-0.2, 0) is 42.8 Å². The van der Waals surface area contributed by atoms with Crippen molar-refractivity contribution in [2.45, 2.75) is 51.5 Å². The van der Waals surface area contributed by atoms with Crippen LogP contribution < -0.4 is 0 Å². The molecule has 0 aliphatic carbocycles. The van der Waals surface area contributed by atoms with E-state index in [0.717, 1.165) is 0 Å². The van der Waals surface area contributed by atoms with E-state index in [1.807, 2.05) is 0 Å². The third-order valence-electron chi connectivity index (χ3n) is 3.15. The first-order valence-electron chi connectivity index (χ1n) is 6.99. The third-order valence-corrected chi connectivity index (χ3v) is 3.15. The normalized spacial score (nSPS) is 28.0. The summed E-state index contributed by atoms with van der Waals surface area (Å²) in [7, 11) is 2.81. The molecule has 132 valence electrons. The lowest BCUT2D eigenvalue weighted by Gasteiger charge is -2.27. The molecule has 0 aromatic heterocycles. The molecule has 0 N–H and O–H groups in total. The van der Waals surface area contributed by atoms with Crippen LogP contribution in [0.15, 0.2) is 0 Å². The molecule has 5 atom stereocenters. The van der Waals surface area contributed by atoms with Gasteiger partial charge in [-0.1, -0.05) is 0 Å². The number of hydrogen-bond donors (Lipinski definition) is 0. The Balaban J connectivity index is 3.00. The van der Waals surface area contributed by atoms with Crippen molar-refractivity contribution in [2.24, 2.45) is 0 Å². The van der Waals surface area contributed by atoms with Gasteiger partial charge in [-0.05, 0) is 0 Å². The molecule has 1 rings (SSSR count). The molecule has 1 aliphatic rings. The van der Waals surface area contributed by atoms with Gasteiger partial charge in [0.25, 0.3) is 0 Å². The minimum atomic E-state index is -0.974. The van der Waals surface area contributed by atoms with Crippen LogP contribution in [0.3, 0.4) is 0 Å². The van der Waals surface area contributed by atoms with Crippen LogP contribution in [0.25, 0.3) is 0 Å². The van der Waals surface area contributed by atoms with Crippen molar-refractivity contribution in [1.29, 1.82) is 0 Å². The Bertz CT molecular complexity index is 436. The van der Waals surface area contributed by atoms with Gasteiger partial charge in [-0.25, -0.2) is 0 Å². The summed E-state index contributed by atoms with van der Waals surface area (Å²) in [6, 6.07) is 0. The summed E-state index contributed by atoms with van der Waals surface area (Å²) in [5.74, 6) is -1.70. The number of esters is 3. The lowest BCUT2D eigenvalue weighted by molar-refractivity contribution is -0.189. The predicted octanol–water partition coefficient (Wildman–Crippen LogP) is -0.201. The number of carbonyl (C=O) groups excluding carboxylic acids is 3. The molecule has 9 nitrogen and oxygen atoms in total. The molecule has 9 heteroatoms. The summed E-state index contributed by atoms with van der Waals surface area (Å²) >= 11 is 0. The van der Waals surface area contributed by atoms with Crippen LogP contribution in [-0.4, -0.2) is 69.4 Å².